The van der Waals surface area contributed by atoms with Crippen LogP contribution in [0.1, 0.15) is 0 Å². The van der Waals surface area contributed by atoms with Gasteiger partial charge in [0, 0.05) is 10.0 Å². The van der Waals surface area contributed by atoms with E-state index in [0.29, 0.717) is 20.3 Å². The largest absolute Gasteiger partial charge is 0.380 e. The zero-order chi connectivity index (χ0) is 11.0. The molecule has 0 radical (unpaired) electrons. The lowest BCUT2D eigenvalue weighted by Crippen LogP contribution is -1.84. The average molecular weight is 336 g/mol. The van der Waals surface area contributed by atoms with E-state index in [9.17, 15) is 4.39 Å². The van der Waals surface area contributed by atoms with Crippen LogP contribution >= 0.6 is 31.9 Å². The van der Waals surface area contributed by atoms with Gasteiger partial charge in [-0.15, -0.1) is 0 Å². The minimum atomic E-state index is -0.325. The molecule has 0 amide bonds. The smallest absolute Gasteiger partial charge is 0.184 e. The summed E-state index contributed by atoms with van der Waals surface area (Å²) in [5, 5.41) is 3.60. The van der Waals surface area contributed by atoms with Crippen molar-refractivity contribution in [2.75, 3.05) is 5.73 Å². The van der Waals surface area contributed by atoms with Crippen LogP contribution in [0.3, 0.4) is 0 Å². The first-order chi connectivity index (χ1) is 7.09. The van der Waals surface area contributed by atoms with Gasteiger partial charge in [0.1, 0.15) is 10.3 Å². The molecule has 2 rings (SSSR count). The molecule has 0 aliphatic rings. The maximum atomic E-state index is 12.9. The van der Waals surface area contributed by atoms with Crippen molar-refractivity contribution >= 4 is 37.7 Å². The third-order valence-electron chi connectivity index (χ3n) is 1.84. The van der Waals surface area contributed by atoms with Crippen LogP contribution in [-0.2, 0) is 0 Å². The number of hydrogen-bond donors (Lipinski definition) is 1. The van der Waals surface area contributed by atoms with Crippen LogP contribution in [0.5, 0.6) is 0 Å². The molecule has 3 nitrogen and oxygen atoms in total. The molecule has 2 N–H and O–H groups in total. The second-order valence-corrected chi connectivity index (χ2v) is 4.48. The Morgan fingerprint density at radius 2 is 2.07 bits per heavy atom. The fourth-order valence-electron chi connectivity index (χ4n) is 1.13. The molecule has 0 saturated carbocycles. The van der Waals surface area contributed by atoms with Crippen molar-refractivity contribution in [1.82, 2.24) is 5.16 Å². The maximum Gasteiger partial charge on any atom is 0.184 e. The van der Waals surface area contributed by atoms with E-state index in [1.807, 2.05) is 0 Å². The van der Waals surface area contributed by atoms with Gasteiger partial charge in [0.2, 0.25) is 0 Å². The van der Waals surface area contributed by atoms with Gasteiger partial charge in [0.05, 0.1) is 0 Å². The minimum Gasteiger partial charge on any atom is -0.380 e. The molecule has 1 aromatic heterocycles. The number of hydrogen-bond acceptors (Lipinski definition) is 3. The summed E-state index contributed by atoms with van der Waals surface area (Å²) in [5.41, 5.74) is 6.20. The molecular formula is C9H5Br2FN2O. The molecule has 15 heavy (non-hydrogen) atoms. The molecular weight excluding hydrogens is 331 g/mol. The molecule has 78 valence electrons. The number of nitrogens with zero attached hydrogens (tertiary/aromatic N) is 1. The molecule has 0 atom stereocenters. The van der Waals surface area contributed by atoms with E-state index in [0.717, 1.165) is 0 Å². The third-order valence-corrected chi connectivity index (χ3v) is 3.26. The van der Waals surface area contributed by atoms with Crippen LogP contribution in [0.4, 0.5) is 10.2 Å². The van der Waals surface area contributed by atoms with Crippen molar-refractivity contribution in [3.63, 3.8) is 0 Å². The van der Waals surface area contributed by atoms with Gasteiger partial charge < -0.3 is 10.3 Å². The lowest BCUT2D eigenvalue weighted by molar-refractivity contribution is 0.435. The Morgan fingerprint density at radius 3 is 2.60 bits per heavy atom. The van der Waals surface area contributed by atoms with E-state index >= 15 is 0 Å². The van der Waals surface area contributed by atoms with Crippen molar-refractivity contribution in [1.29, 1.82) is 0 Å². The number of nitrogens with two attached hydrogens (primary N) is 1. The zero-order valence-corrected chi connectivity index (χ0v) is 10.5. The Labute approximate surface area is 102 Å². The maximum absolute atomic E-state index is 12.9. The van der Waals surface area contributed by atoms with Gasteiger partial charge in [-0.25, -0.2) is 4.39 Å². The lowest BCUT2D eigenvalue weighted by Gasteiger charge is -2.00. The Kier molecular flexibility index (Phi) is 2.79. The van der Waals surface area contributed by atoms with E-state index in [-0.39, 0.29) is 11.6 Å². The Balaban J connectivity index is 2.59. The molecule has 1 aromatic carbocycles. The predicted molar refractivity (Wildman–Crippen MR) is 61.7 cm³/mol. The molecule has 0 bridgehead atoms. The number of halogens is 3. The van der Waals surface area contributed by atoms with Crippen molar-refractivity contribution in [3.8, 4) is 11.3 Å². The first-order valence-corrected chi connectivity index (χ1v) is 5.54. The number of rotatable bonds is 1. The topological polar surface area (TPSA) is 52.0 Å². The van der Waals surface area contributed by atoms with Gasteiger partial charge in [0.25, 0.3) is 0 Å². The van der Waals surface area contributed by atoms with E-state index in [1.54, 1.807) is 6.07 Å². The molecule has 0 unspecified atom stereocenters. The SMILES string of the molecule is Nc1noc(-c2ccc(F)cc2Br)c1Br. The molecule has 1 heterocycles. The monoisotopic (exact) mass is 334 g/mol. The van der Waals surface area contributed by atoms with Crippen molar-refractivity contribution in [2.24, 2.45) is 0 Å². The summed E-state index contributed by atoms with van der Waals surface area (Å²) in [6.07, 6.45) is 0. The molecule has 0 saturated heterocycles. The normalized spacial score (nSPS) is 10.6. The summed E-state index contributed by atoms with van der Waals surface area (Å²) < 4.78 is 19.0. The molecule has 6 heteroatoms. The van der Waals surface area contributed by atoms with Gasteiger partial charge in [-0.3, -0.25) is 0 Å². The number of benzene rings is 1. The summed E-state index contributed by atoms with van der Waals surface area (Å²) in [6.45, 7) is 0. The van der Waals surface area contributed by atoms with Crippen LogP contribution in [0, 0.1) is 5.82 Å². The highest BCUT2D eigenvalue weighted by Crippen LogP contribution is 2.36. The minimum absolute atomic E-state index is 0.265. The molecule has 0 aliphatic heterocycles. The predicted octanol–water partition coefficient (Wildman–Crippen LogP) is 3.59. The summed E-state index contributed by atoms with van der Waals surface area (Å²) in [5.74, 6) is 0.412. The Hall–Kier alpha value is -0.880. The van der Waals surface area contributed by atoms with Gasteiger partial charge >= 0.3 is 0 Å². The Bertz CT molecular complexity index is 513. The van der Waals surface area contributed by atoms with E-state index in [4.69, 9.17) is 10.3 Å². The lowest BCUT2D eigenvalue weighted by atomic mass is 10.2. The van der Waals surface area contributed by atoms with Crippen LogP contribution in [0.2, 0.25) is 0 Å². The fraction of sp³-hybridized carbons (Fsp3) is 0. The molecule has 0 aliphatic carbocycles. The van der Waals surface area contributed by atoms with E-state index < -0.39 is 0 Å². The fourth-order valence-corrected chi connectivity index (χ4v) is 2.02. The zero-order valence-electron chi connectivity index (χ0n) is 7.30. The molecule has 0 fully saturated rings. The number of aromatic nitrogens is 1. The van der Waals surface area contributed by atoms with Gasteiger partial charge in [-0.05, 0) is 50.1 Å². The van der Waals surface area contributed by atoms with E-state index in [1.165, 1.54) is 12.1 Å². The van der Waals surface area contributed by atoms with Crippen LogP contribution in [0.15, 0.2) is 31.7 Å². The van der Waals surface area contributed by atoms with Gasteiger partial charge in [-0.1, -0.05) is 5.16 Å². The van der Waals surface area contributed by atoms with Crippen LogP contribution in [-0.4, -0.2) is 5.16 Å². The van der Waals surface area contributed by atoms with Gasteiger partial charge in [-0.2, -0.15) is 0 Å². The Morgan fingerprint density at radius 1 is 1.33 bits per heavy atom. The first-order valence-electron chi connectivity index (χ1n) is 3.95. The number of nitrogen functional groups attached to an aromatic ring is 1. The summed E-state index contributed by atoms with van der Waals surface area (Å²) in [7, 11) is 0. The second kappa shape index (κ2) is 3.94. The van der Waals surface area contributed by atoms with Crippen molar-refractivity contribution < 1.29 is 8.91 Å². The molecule has 0 spiro atoms. The standard InChI is InChI=1S/C9H5Br2FN2O/c10-6-3-4(12)1-2-5(6)8-7(11)9(13)14-15-8/h1-3H,(H2,13,14). The highest BCUT2D eigenvalue weighted by Gasteiger charge is 2.15. The third kappa shape index (κ3) is 1.91. The second-order valence-electron chi connectivity index (χ2n) is 2.84. The highest BCUT2D eigenvalue weighted by atomic mass is 79.9. The van der Waals surface area contributed by atoms with Crippen LogP contribution in [0.25, 0.3) is 11.3 Å². The van der Waals surface area contributed by atoms with Crippen LogP contribution < -0.4 is 5.73 Å². The average Bonchev–Trinajstić information content (AvgIpc) is 2.49. The summed E-state index contributed by atoms with van der Waals surface area (Å²) in [4.78, 5) is 0. The van der Waals surface area contributed by atoms with Gasteiger partial charge in [0.15, 0.2) is 11.6 Å². The number of anilines is 1. The van der Waals surface area contributed by atoms with E-state index in [2.05, 4.69) is 37.0 Å². The quantitative estimate of drug-likeness (QED) is 0.866. The first kappa shape index (κ1) is 10.6. The highest BCUT2D eigenvalue weighted by molar-refractivity contribution is 9.11. The molecule has 2 aromatic rings. The summed E-state index contributed by atoms with van der Waals surface area (Å²) in [6, 6.07) is 4.27. The van der Waals surface area contributed by atoms with Crippen molar-refractivity contribution in [3.05, 3.63) is 33.0 Å². The van der Waals surface area contributed by atoms with Crippen molar-refractivity contribution in [2.45, 2.75) is 0 Å². The summed E-state index contributed by atoms with van der Waals surface area (Å²) >= 11 is 6.48.